The van der Waals surface area contributed by atoms with Crippen molar-refractivity contribution in [1.82, 2.24) is 4.90 Å². The van der Waals surface area contributed by atoms with E-state index in [2.05, 4.69) is 0 Å². The van der Waals surface area contributed by atoms with Crippen LogP contribution in [0.25, 0.3) is 21.5 Å². The standard InChI is InChI=1S/C24H23NO6/c1-28-17-8-12-13-9-18(29-2)20(31-4)11-15(13)22-21(14(12)10-19(17)30-3)23-16(26)6-5-7-25(23)24(22)27/h8-11,23H,5-7H2,1-4H3. The van der Waals surface area contributed by atoms with Crippen molar-refractivity contribution in [3.05, 3.63) is 35.4 Å². The van der Waals surface area contributed by atoms with E-state index in [1.165, 1.54) is 0 Å². The average Bonchev–Trinajstić information content (AvgIpc) is 3.11. The predicted molar refractivity (Wildman–Crippen MR) is 116 cm³/mol. The van der Waals surface area contributed by atoms with Gasteiger partial charge < -0.3 is 23.8 Å². The van der Waals surface area contributed by atoms with Crippen LogP contribution in [0.2, 0.25) is 0 Å². The molecule has 2 aliphatic rings. The number of carbonyl (C=O) groups excluding carboxylic acids is 2. The summed E-state index contributed by atoms with van der Waals surface area (Å²) in [5.74, 6) is 2.15. The first-order valence-electron chi connectivity index (χ1n) is 10.1. The third-order valence-electron chi connectivity index (χ3n) is 6.35. The molecule has 3 aromatic rings. The number of amides is 1. The molecule has 0 saturated carbocycles. The number of nitrogens with zero attached hydrogens (tertiary/aromatic N) is 1. The van der Waals surface area contributed by atoms with E-state index in [0.717, 1.165) is 27.1 Å². The lowest BCUT2D eigenvalue weighted by Gasteiger charge is -2.29. The molecule has 0 aromatic heterocycles. The van der Waals surface area contributed by atoms with E-state index in [4.69, 9.17) is 18.9 Å². The van der Waals surface area contributed by atoms with E-state index in [-0.39, 0.29) is 11.7 Å². The molecule has 1 unspecified atom stereocenters. The molecule has 7 nitrogen and oxygen atoms in total. The second-order valence-electron chi connectivity index (χ2n) is 7.77. The smallest absolute Gasteiger partial charge is 0.255 e. The number of benzene rings is 3. The molecule has 0 spiro atoms. The summed E-state index contributed by atoms with van der Waals surface area (Å²) in [6.45, 7) is 0.563. The van der Waals surface area contributed by atoms with Crippen molar-refractivity contribution in [3.8, 4) is 23.0 Å². The molecule has 31 heavy (non-hydrogen) atoms. The van der Waals surface area contributed by atoms with Gasteiger partial charge in [-0.2, -0.15) is 0 Å². The topological polar surface area (TPSA) is 74.3 Å². The number of methoxy groups -OCH3 is 4. The van der Waals surface area contributed by atoms with E-state index < -0.39 is 6.04 Å². The molecule has 7 heteroatoms. The monoisotopic (exact) mass is 421 g/mol. The fourth-order valence-corrected chi connectivity index (χ4v) is 4.97. The van der Waals surface area contributed by atoms with Gasteiger partial charge in [0.2, 0.25) is 0 Å². The molecule has 160 valence electrons. The Kier molecular flexibility index (Phi) is 4.43. The summed E-state index contributed by atoms with van der Waals surface area (Å²) in [6.07, 6.45) is 1.14. The molecule has 1 fully saturated rings. The SMILES string of the molecule is COc1cc2c3c(c4cc(OC)c(OC)cc4c2cc1OC)C1C(=O)CCCN1C3=O. The van der Waals surface area contributed by atoms with Gasteiger partial charge in [-0.15, -0.1) is 0 Å². The Balaban J connectivity index is 1.99. The van der Waals surface area contributed by atoms with Crippen molar-refractivity contribution in [2.75, 3.05) is 35.0 Å². The van der Waals surface area contributed by atoms with Crippen molar-refractivity contribution < 1.29 is 28.5 Å². The van der Waals surface area contributed by atoms with Gasteiger partial charge in [0.1, 0.15) is 6.04 Å². The van der Waals surface area contributed by atoms with Crippen molar-refractivity contribution in [3.63, 3.8) is 0 Å². The summed E-state index contributed by atoms with van der Waals surface area (Å²) in [5, 5.41) is 3.23. The maximum Gasteiger partial charge on any atom is 0.255 e. The van der Waals surface area contributed by atoms with Crippen molar-refractivity contribution in [2.24, 2.45) is 0 Å². The van der Waals surface area contributed by atoms with Gasteiger partial charge in [0.15, 0.2) is 28.8 Å². The summed E-state index contributed by atoms with van der Waals surface area (Å²) in [4.78, 5) is 28.2. The van der Waals surface area contributed by atoms with Gasteiger partial charge in [-0.25, -0.2) is 0 Å². The minimum absolute atomic E-state index is 0.0641. The Morgan fingerprint density at radius 1 is 0.742 bits per heavy atom. The third kappa shape index (κ3) is 2.59. The van der Waals surface area contributed by atoms with Gasteiger partial charge in [-0.1, -0.05) is 0 Å². The highest BCUT2D eigenvalue weighted by atomic mass is 16.5. The number of ether oxygens (including phenoxy) is 4. The number of Topliss-reactive ketones (excluding diaryl/α,β-unsaturated/α-hetero) is 1. The fraction of sp³-hybridized carbons (Fsp3) is 0.333. The molecule has 2 heterocycles. The highest BCUT2D eigenvalue weighted by Gasteiger charge is 2.45. The quantitative estimate of drug-likeness (QED) is 0.595. The van der Waals surface area contributed by atoms with E-state index in [1.807, 2.05) is 24.3 Å². The Bertz CT molecular complexity index is 1260. The molecule has 1 saturated heterocycles. The minimum Gasteiger partial charge on any atom is -0.493 e. The molecular formula is C24H23NO6. The zero-order valence-corrected chi connectivity index (χ0v) is 17.9. The van der Waals surface area contributed by atoms with Crippen LogP contribution in [0.4, 0.5) is 0 Å². The van der Waals surface area contributed by atoms with E-state index >= 15 is 0 Å². The Morgan fingerprint density at radius 2 is 1.23 bits per heavy atom. The van der Waals surface area contributed by atoms with Crippen LogP contribution in [0.5, 0.6) is 23.0 Å². The largest absolute Gasteiger partial charge is 0.493 e. The molecule has 0 bridgehead atoms. The Morgan fingerprint density at radius 3 is 1.77 bits per heavy atom. The Labute approximate surface area is 179 Å². The molecular weight excluding hydrogens is 398 g/mol. The molecule has 1 amide bonds. The highest BCUT2D eigenvalue weighted by Crippen LogP contribution is 2.49. The van der Waals surface area contributed by atoms with Gasteiger partial charge in [-0.3, -0.25) is 9.59 Å². The molecule has 3 aromatic carbocycles. The van der Waals surface area contributed by atoms with Crippen LogP contribution in [-0.4, -0.2) is 51.6 Å². The molecule has 1 atom stereocenters. The minimum atomic E-state index is -0.575. The highest BCUT2D eigenvalue weighted by molar-refractivity contribution is 6.24. The summed E-state index contributed by atoms with van der Waals surface area (Å²) < 4.78 is 22.1. The van der Waals surface area contributed by atoms with Crippen molar-refractivity contribution in [2.45, 2.75) is 18.9 Å². The maximum absolute atomic E-state index is 13.5. The zero-order chi connectivity index (χ0) is 21.9. The number of carbonyl (C=O) groups is 2. The second kappa shape index (κ2) is 7.04. The molecule has 2 aliphatic heterocycles. The second-order valence-corrected chi connectivity index (χ2v) is 7.77. The maximum atomic E-state index is 13.5. The number of piperidine rings is 1. The van der Waals surface area contributed by atoms with Crippen molar-refractivity contribution in [1.29, 1.82) is 0 Å². The van der Waals surface area contributed by atoms with Gasteiger partial charge in [0.05, 0.1) is 34.0 Å². The number of rotatable bonds is 4. The van der Waals surface area contributed by atoms with Gasteiger partial charge in [-0.05, 0) is 52.2 Å². The van der Waals surface area contributed by atoms with Crippen LogP contribution in [0.3, 0.4) is 0 Å². The van der Waals surface area contributed by atoms with Crippen LogP contribution in [0, 0.1) is 0 Å². The summed E-state index contributed by atoms with van der Waals surface area (Å²) >= 11 is 0. The molecule has 0 aliphatic carbocycles. The van der Waals surface area contributed by atoms with Crippen LogP contribution < -0.4 is 18.9 Å². The summed E-state index contributed by atoms with van der Waals surface area (Å²) in [7, 11) is 6.29. The van der Waals surface area contributed by atoms with Crippen LogP contribution in [0.15, 0.2) is 24.3 Å². The first kappa shape index (κ1) is 19.5. The number of ketones is 1. The average molecular weight is 421 g/mol. The third-order valence-corrected chi connectivity index (χ3v) is 6.35. The first-order valence-corrected chi connectivity index (χ1v) is 10.1. The predicted octanol–water partition coefficient (Wildman–Crippen LogP) is 3.89. The Hall–Kier alpha value is -3.48. The van der Waals surface area contributed by atoms with E-state index in [9.17, 15) is 9.59 Å². The molecule has 0 radical (unpaired) electrons. The van der Waals surface area contributed by atoms with E-state index in [0.29, 0.717) is 47.9 Å². The summed E-state index contributed by atoms with van der Waals surface area (Å²) in [6, 6.07) is 6.87. The van der Waals surface area contributed by atoms with Crippen LogP contribution in [0.1, 0.15) is 34.8 Å². The number of fused-ring (bicyclic) bond motifs is 8. The lowest BCUT2D eigenvalue weighted by atomic mass is 9.87. The van der Waals surface area contributed by atoms with Gasteiger partial charge >= 0.3 is 0 Å². The molecule has 0 N–H and O–H groups in total. The summed E-state index contributed by atoms with van der Waals surface area (Å²) in [5.41, 5.74) is 1.29. The lowest BCUT2D eigenvalue weighted by molar-refractivity contribution is -0.125. The number of hydrogen-bond donors (Lipinski definition) is 0. The fourth-order valence-electron chi connectivity index (χ4n) is 4.97. The van der Waals surface area contributed by atoms with Gasteiger partial charge in [0.25, 0.3) is 5.91 Å². The van der Waals surface area contributed by atoms with Crippen molar-refractivity contribution >= 4 is 33.2 Å². The van der Waals surface area contributed by atoms with Crippen LogP contribution >= 0.6 is 0 Å². The molecule has 5 rings (SSSR count). The first-order chi connectivity index (χ1) is 15.0. The van der Waals surface area contributed by atoms with Gasteiger partial charge in [0, 0.05) is 18.5 Å². The normalized spacial score (nSPS) is 17.7. The zero-order valence-electron chi connectivity index (χ0n) is 17.9. The lowest BCUT2D eigenvalue weighted by Crippen LogP contribution is -2.37. The van der Waals surface area contributed by atoms with Crippen LogP contribution in [-0.2, 0) is 4.79 Å². The number of hydrogen-bond acceptors (Lipinski definition) is 6. The van der Waals surface area contributed by atoms with E-state index in [1.54, 1.807) is 33.3 Å².